The molecular weight excluding hydrogens is 280 g/mol. The monoisotopic (exact) mass is 302 g/mol. The Balaban J connectivity index is 1.75. The standard InChI is InChI=1S/C18H23ClN2/c1-11-4-3-5-16-17(11)20-18(12(2)19)21(16)10-15-9-13-6-7-14(15)8-13/h3-5,12-15H,6-10H2,1-2H3. The van der Waals surface area contributed by atoms with E-state index in [9.17, 15) is 0 Å². The van der Waals surface area contributed by atoms with Crippen molar-refractivity contribution in [2.75, 3.05) is 0 Å². The van der Waals surface area contributed by atoms with Crippen LogP contribution in [0, 0.1) is 24.7 Å². The molecule has 2 saturated carbocycles. The number of benzene rings is 1. The molecule has 2 aromatic rings. The minimum atomic E-state index is -0.0320. The van der Waals surface area contributed by atoms with Gasteiger partial charge in [-0.2, -0.15) is 0 Å². The van der Waals surface area contributed by atoms with Crippen molar-refractivity contribution in [3.8, 4) is 0 Å². The van der Waals surface area contributed by atoms with Crippen LogP contribution < -0.4 is 0 Å². The normalized spacial score (nSPS) is 29.4. The number of para-hydroxylation sites is 1. The molecule has 3 heteroatoms. The molecular formula is C18H23ClN2. The van der Waals surface area contributed by atoms with Gasteiger partial charge in [-0.1, -0.05) is 18.6 Å². The summed E-state index contributed by atoms with van der Waals surface area (Å²) in [5, 5.41) is -0.0320. The first-order chi connectivity index (χ1) is 10.1. The Bertz CT molecular complexity index is 673. The number of nitrogens with zero attached hydrogens (tertiary/aromatic N) is 2. The second kappa shape index (κ2) is 5.01. The Hall–Kier alpha value is -1.02. The van der Waals surface area contributed by atoms with E-state index in [1.165, 1.54) is 36.8 Å². The number of imidazole rings is 1. The predicted octanol–water partition coefficient (Wildman–Crippen LogP) is 5.08. The van der Waals surface area contributed by atoms with Gasteiger partial charge < -0.3 is 4.57 Å². The molecule has 2 fully saturated rings. The van der Waals surface area contributed by atoms with Gasteiger partial charge in [-0.3, -0.25) is 0 Å². The van der Waals surface area contributed by atoms with Crippen molar-refractivity contribution in [2.24, 2.45) is 17.8 Å². The molecule has 0 amide bonds. The van der Waals surface area contributed by atoms with E-state index in [2.05, 4.69) is 29.7 Å². The zero-order chi connectivity index (χ0) is 14.6. The molecule has 0 saturated heterocycles. The molecule has 2 nitrogen and oxygen atoms in total. The number of halogens is 1. The molecule has 1 aromatic carbocycles. The molecule has 0 radical (unpaired) electrons. The molecule has 1 heterocycles. The summed E-state index contributed by atoms with van der Waals surface area (Å²) in [6.07, 6.45) is 5.77. The summed E-state index contributed by atoms with van der Waals surface area (Å²) >= 11 is 6.41. The van der Waals surface area contributed by atoms with Crippen LogP contribution in [-0.4, -0.2) is 9.55 Å². The second-order valence-electron chi connectivity index (χ2n) is 7.07. The topological polar surface area (TPSA) is 17.8 Å². The smallest absolute Gasteiger partial charge is 0.127 e. The molecule has 21 heavy (non-hydrogen) atoms. The van der Waals surface area contributed by atoms with Crippen molar-refractivity contribution in [1.29, 1.82) is 0 Å². The number of aromatic nitrogens is 2. The lowest BCUT2D eigenvalue weighted by molar-refractivity contribution is 0.295. The summed E-state index contributed by atoms with van der Waals surface area (Å²) in [6.45, 7) is 5.28. The first-order valence-electron chi connectivity index (χ1n) is 8.23. The van der Waals surface area contributed by atoms with Crippen molar-refractivity contribution in [2.45, 2.75) is 51.5 Å². The summed E-state index contributed by atoms with van der Waals surface area (Å²) in [6, 6.07) is 6.48. The first-order valence-corrected chi connectivity index (χ1v) is 8.67. The van der Waals surface area contributed by atoms with Crippen molar-refractivity contribution in [1.82, 2.24) is 9.55 Å². The Kier molecular flexibility index (Phi) is 3.25. The minimum Gasteiger partial charge on any atom is -0.326 e. The summed E-state index contributed by atoms with van der Waals surface area (Å²) in [5.41, 5.74) is 3.64. The maximum absolute atomic E-state index is 6.41. The fraction of sp³-hybridized carbons (Fsp3) is 0.611. The van der Waals surface area contributed by atoms with E-state index in [1.807, 2.05) is 6.92 Å². The lowest BCUT2D eigenvalue weighted by Crippen LogP contribution is -2.19. The Morgan fingerprint density at radius 1 is 1.33 bits per heavy atom. The van der Waals surface area contributed by atoms with Crippen LogP contribution in [0.2, 0.25) is 0 Å². The summed E-state index contributed by atoms with van der Waals surface area (Å²) in [7, 11) is 0. The Morgan fingerprint density at radius 2 is 2.19 bits per heavy atom. The third-order valence-corrected chi connectivity index (χ3v) is 5.86. The maximum Gasteiger partial charge on any atom is 0.127 e. The van der Waals surface area contributed by atoms with Gasteiger partial charge in [0.2, 0.25) is 0 Å². The highest BCUT2D eigenvalue weighted by atomic mass is 35.5. The van der Waals surface area contributed by atoms with Crippen LogP contribution >= 0.6 is 11.6 Å². The lowest BCUT2D eigenvalue weighted by Gasteiger charge is -2.23. The number of hydrogen-bond acceptors (Lipinski definition) is 1. The number of fused-ring (bicyclic) bond motifs is 3. The number of alkyl halides is 1. The zero-order valence-corrected chi connectivity index (χ0v) is 13.6. The molecule has 0 aliphatic heterocycles. The zero-order valence-electron chi connectivity index (χ0n) is 12.8. The average Bonchev–Trinajstić information content (AvgIpc) is 3.14. The van der Waals surface area contributed by atoms with E-state index < -0.39 is 0 Å². The van der Waals surface area contributed by atoms with Gasteiger partial charge in [0.25, 0.3) is 0 Å². The van der Waals surface area contributed by atoms with E-state index in [-0.39, 0.29) is 5.38 Å². The van der Waals surface area contributed by atoms with Crippen molar-refractivity contribution >= 4 is 22.6 Å². The van der Waals surface area contributed by atoms with Gasteiger partial charge in [0.15, 0.2) is 0 Å². The quantitative estimate of drug-likeness (QED) is 0.723. The van der Waals surface area contributed by atoms with Gasteiger partial charge in [-0.25, -0.2) is 4.98 Å². The number of rotatable bonds is 3. The van der Waals surface area contributed by atoms with Crippen LogP contribution in [0.1, 0.15) is 49.4 Å². The van der Waals surface area contributed by atoms with Gasteiger partial charge in [0, 0.05) is 6.54 Å². The van der Waals surface area contributed by atoms with E-state index in [4.69, 9.17) is 16.6 Å². The summed E-state index contributed by atoms with van der Waals surface area (Å²) in [4.78, 5) is 4.85. The second-order valence-corrected chi connectivity index (χ2v) is 7.73. The van der Waals surface area contributed by atoms with Crippen molar-refractivity contribution in [3.05, 3.63) is 29.6 Å². The van der Waals surface area contributed by atoms with E-state index in [1.54, 1.807) is 0 Å². The molecule has 112 valence electrons. The Morgan fingerprint density at radius 3 is 2.86 bits per heavy atom. The van der Waals surface area contributed by atoms with Crippen molar-refractivity contribution < 1.29 is 0 Å². The highest BCUT2D eigenvalue weighted by Crippen LogP contribution is 2.49. The van der Waals surface area contributed by atoms with Crippen LogP contribution in [0.25, 0.3) is 11.0 Å². The van der Waals surface area contributed by atoms with Gasteiger partial charge >= 0.3 is 0 Å². The molecule has 2 aliphatic carbocycles. The van der Waals surface area contributed by atoms with Crippen LogP contribution in [-0.2, 0) is 6.54 Å². The average molecular weight is 303 g/mol. The molecule has 1 aromatic heterocycles. The SMILES string of the molecule is Cc1cccc2c1nc(C(C)Cl)n2CC1CC2CCC1C2. The molecule has 4 unspecified atom stereocenters. The summed E-state index contributed by atoms with van der Waals surface area (Å²) < 4.78 is 2.41. The molecule has 4 rings (SSSR count). The van der Waals surface area contributed by atoms with Crippen LogP contribution in [0.5, 0.6) is 0 Å². The maximum atomic E-state index is 6.41. The third-order valence-electron chi connectivity index (χ3n) is 5.67. The fourth-order valence-corrected chi connectivity index (χ4v) is 4.80. The van der Waals surface area contributed by atoms with Crippen LogP contribution in [0.4, 0.5) is 0 Å². The van der Waals surface area contributed by atoms with Gasteiger partial charge in [-0.05, 0) is 62.5 Å². The molecule has 4 atom stereocenters. The number of hydrogen-bond donors (Lipinski definition) is 0. The van der Waals surface area contributed by atoms with Crippen LogP contribution in [0.3, 0.4) is 0 Å². The number of aryl methyl sites for hydroxylation is 1. The Labute approximate surface area is 131 Å². The van der Waals surface area contributed by atoms with Gasteiger partial charge in [0.05, 0.1) is 16.4 Å². The van der Waals surface area contributed by atoms with Gasteiger partial charge in [-0.15, -0.1) is 11.6 Å². The van der Waals surface area contributed by atoms with Gasteiger partial charge in [0.1, 0.15) is 5.82 Å². The highest BCUT2D eigenvalue weighted by molar-refractivity contribution is 6.20. The van der Waals surface area contributed by atoms with E-state index in [0.717, 1.165) is 35.6 Å². The molecule has 2 bridgehead atoms. The van der Waals surface area contributed by atoms with Crippen molar-refractivity contribution in [3.63, 3.8) is 0 Å². The fourth-order valence-electron chi connectivity index (χ4n) is 4.64. The highest BCUT2D eigenvalue weighted by Gasteiger charge is 2.39. The minimum absolute atomic E-state index is 0.0320. The predicted molar refractivity (Wildman–Crippen MR) is 87.7 cm³/mol. The molecule has 0 spiro atoms. The molecule has 0 N–H and O–H groups in total. The third kappa shape index (κ3) is 2.19. The van der Waals surface area contributed by atoms with Crippen LogP contribution in [0.15, 0.2) is 18.2 Å². The van der Waals surface area contributed by atoms with E-state index >= 15 is 0 Å². The van der Waals surface area contributed by atoms with E-state index in [0.29, 0.717) is 0 Å². The summed E-state index contributed by atoms with van der Waals surface area (Å²) in [5.74, 6) is 3.81. The largest absolute Gasteiger partial charge is 0.326 e. The molecule has 2 aliphatic rings. The lowest BCUT2D eigenvalue weighted by atomic mass is 9.88. The first kappa shape index (κ1) is 13.6.